The van der Waals surface area contributed by atoms with Crippen molar-refractivity contribution in [3.8, 4) is 0 Å². The number of nitrogen functional groups attached to an aromatic ring is 1. The number of hydrogen-bond acceptors (Lipinski definition) is 2. The summed E-state index contributed by atoms with van der Waals surface area (Å²) in [5.74, 6) is 0.0340. The van der Waals surface area contributed by atoms with Crippen molar-refractivity contribution >= 4 is 23.1 Å². The van der Waals surface area contributed by atoms with Gasteiger partial charge < -0.3 is 5.73 Å². The second kappa shape index (κ2) is 3.62. The van der Waals surface area contributed by atoms with Crippen LogP contribution < -0.4 is 5.73 Å². The Morgan fingerprint density at radius 2 is 1.93 bits per heavy atom. The zero-order valence-corrected chi connectivity index (χ0v) is 9.35. The largest absolute Gasteiger partial charge is 0.398 e. The lowest BCUT2D eigenvalue weighted by Gasteiger charge is -2.17. The van der Waals surface area contributed by atoms with Crippen LogP contribution in [0.15, 0.2) is 18.2 Å². The first kappa shape index (κ1) is 11.1. The van der Waals surface area contributed by atoms with Gasteiger partial charge >= 0.3 is 0 Å². The van der Waals surface area contributed by atoms with Crippen molar-refractivity contribution in [1.82, 2.24) is 0 Å². The van der Waals surface area contributed by atoms with E-state index in [9.17, 15) is 4.79 Å². The lowest BCUT2D eigenvalue weighted by atomic mass is 9.86. The van der Waals surface area contributed by atoms with E-state index in [0.29, 0.717) is 16.3 Å². The molecule has 2 N–H and O–H groups in total. The van der Waals surface area contributed by atoms with Crippen LogP contribution in [0.2, 0.25) is 5.02 Å². The van der Waals surface area contributed by atoms with Crippen LogP contribution in [0.5, 0.6) is 0 Å². The zero-order chi connectivity index (χ0) is 10.9. The second-order valence-electron chi connectivity index (χ2n) is 4.31. The molecule has 0 aliphatic rings. The van der Waals surface area contributed by atoms with Gasteiger partial charge in [0.25, 0.3) is 0 Å². The zero-order valence-electron chi connectivity index (χ0n) is 8.60. The number of halogens is 1. The molecule has 1 rings (SSSR count). The van der Waals surface area contributed by atoms with Gasteiger partial charge in [0.1, 0.15) is 0 Å². The Morgan fingerprint density at radius 3 is 2.36 bits per heavy atom. The van der Waals surface area contributed by atoms with E-state index in [1.165, 1.54) is 0 Å². The molecule has 0 radical (unpaired) electrons. The Morgan fingerprint density at radius 1 is 1.36 bits per heavy atom. The van der Waals surface area contributed by atoms with Gasteiger partial charge in [-0.1, -0.05) is 32.4 Å². The van der Waals surface area contributed by atoms with Gasteiger partial charge in [-0.15, -0.1) is 0 Å². The van der Waals surface area contributed by atoms with Crippen LogP contribution in [-0.4, -0.2) is 5.78 Å². The maximum Gasteiger partial charge on any atom is 0.170 e. The van der Waals surface area contributed by atoms with Crippen LogP contribution in [-0.2, 0) is 0 Å². The topological polar surface area (TPSA) is 43.1 Å². The second-order valence-corrected chi connectivity index (χ2v) is 4.75. The Bertz CT molecular complexity index is 366. The standard InChI is InChI=1S/C11H14ClNO/c1-11(2,3)10(14)8-5-4-7(12)6-9(8)13/h4-6H,13H2,1-3H3. The normalized spacial score (nSPS) is 11.4. The highest BCUT2D eigenvalue weighted by atomic mass is 35.5. The first-order chi connectivity index (χ1) is 6.32. The summed E-state index contributed by atoms with van der Waals surface area (Å²) in [6, 6.07) is 4.95. The highest BCUT2D eigenvalue weighted by Crippen LogP contribution is 2.26. The molecule has 0 spiro atoms. The highest BCUT2D eigenvalue weighted by molar-refractivity contribution is 6.31. The highest BCUT2D eigenvalue weighted by Gasteiger charge is 2.24. The quantitative estimate of drug-likeness (QED) is 0.573. The van der Waals surface area contributed by atoms with Crippen molar-refractivity contribution in [1.29, 1.82) is 0 Å². The number of carbonyl (C=O) groups excluding carboxylic acids is 1. The molecular formula is C11H14ClNO. The van der Waals surface area contributed by atoms with Crippen molar-refractivity contribution < 1.29 is 4.79 Å². The maximum atomic E-state index is 11.9. The van der Waals surface area contributed by atoms with E-state index in [4.69, 9.17) is 17.3 Å². The van der Waals surface area contributed by atoms with Crippen LogP contribution in [0.25, 0.3) is 0 Å². The van der Waals surface area contributed by atoms with Gasteiger partial charge in [0, 0.05) is 21.7 Å². The summed E-state index contributed by atoms with van der Waals surface area (Å²) in [6.45, 7) is 5.59. The molecule has 0 aliphatic heterocycles. The summed E-state index contributed by atoms with van der Waals surface area (Å²) in [5.41, 5.74) is 6.28. The van der Waals surface area contributed by atoms with Crippen LogP contribution in [0, 0.1) is 5.41 Å². The molecule has 0 amide bonds. The van der Waals surface area contributed by atoms with E-state index < -0.39 is 5.41 Å². The minimum atomic E-state index is -0.415. The lowest BCUT2D eigenvalue weighted by molar-refractivity contribution is 0.0859. The fourth-order valence-corrected chi connectivity index (χ4v) is 1.32. The third-order valence-corrected chi connectivity index (χ3v) is 2.17. The van der Waals surface area contributed by atoms with E-state index >= 15 is 0 Å². The van der Waals surface area contributed by atoms with E-state index in [2.05, 4.69) is 0 Å². The van der Waals surface area contributed by atoms with Gasteiger partial charge in [0.15, 0.2) is 5.78 Å². The van der Waals surface area contributed by atoms with Gasteiger partial charge in [-0.25, -0.2) is 0 Å². The summed E-state index contributed by atoms with van der Waals surface area (Å²) < 4.78 is 0. The Labute approximate surface area is 89.1 Å². The van der Waals surface area contributed by atoms with Crippen LogP contribution in [0.4, 0.5) is 5.69 Å². The van der Waals surface area contributed by atoms with Crippen molar-refractivity contribution in [3.05, 3.63) is 28.8 Å². The predicted octanol–water partition coefficient (Wildman–Crippen LogP) is 3.15. The third kappa shape index (κ3) is 2.26. The number of benzene rings is 1. The van der Waals surface area contributed by atoms with Crippen LogP contribution in [0.3, 0.4) is 0 Å². The molecular weight excluding hydrogens is 198 g/mol. The molecule has 0 aliphatic carbocycles. The lowest BCUT2D eigenvalue weighted by Crippen LogP contribution is -2.21. The summed E-state index contributed by atoms with van der Waals surface area (Å²) in [5, 5.41) is 0.549. The summed E-state index contributed by atoms with van der Waals surface area (Å²) in [4.78, 5) is 11.9. The maximum absolute atomic E-state index is 11.9. The van der Waals surface area contributed by atoms with Crippen molar-refractivity contribution in [2.45, 2.75) is 20.8 Å². The number of anilines is 1. The van der Waals surface area contributed by atoms with Crippen LogP contribution >= 0.6 is 11.6 Å². The van der Waals surface area contributed by atoms with Gasteiger partial charge in [-0.05, 0) is 18.2 Å². The predicted molar refractivity (Wildman–Crippen MR) is 59.6 cm³/mol. The molecule has 0 bridgehead atoms. The molecule has 1 aromatic rings. The number of Topliss-reactive ketones (excluding diaryl/α,β-unsaturated/α-hetero) is 1. The van der Waals surface area contributed by atoms with Crippen molar-refractivity contribution in [2.75, 3.05) is 5.73 Å². The molecule has 14 heavy (non-hydrogen) atoms. The van der Waals surface area contributed by atoms with Gasteiger partial charge in [0.05, 0.1) is 0 Å². The molecule has 1 aromatic carbocycles. The molecule has 0 atom stereocenters. The number of carbonyl (C=O) groups is 1. The average Bonchev–Trinajstić information content (AvgIpc) is 2.01. The molecule has 76 valence electrons. The smallest absolute Gasteiger partial charge is 0.170 e. The van der Waals surface area contributed by atoms with E-state index in [1.54, 1.807) is 18.2 Å². The Kier molecular flexibility index (Phi) is 2.86. The van der Waals surface area contributed by atoms with Crippen LogP contribution in [0.1, 0.15) is 31.1 Å². The molecule has 2 nitrogen and oxygen atoms in total. The van der Waals surface area contributed by atoms with E-state index in [1.807, 2.05) is 20.8 Å². The van der Waals surface area contributed by atoms with Crippen molar-refractivity contribution in [3.63, 3.8) is 0 Å². The molecule has 0 fully saturated rings. The minimum absolute atomic E-state index is 0.0340. The molecule has 0 saturated heterocycles. The average molecular weight is 212 g/mol. The molecule has 0 saturated carbocycles. The molecule has 0 aromatic heterocycles. The minimum Gasteiger partial charge on any atom is -0.398 e. The number of nitrogens with two attached hydrogens (primary N) is 1. The van der Waals surface area contributed by atoms with Gasteiger partial charge in [-0.2, -0.15) is 0 Å². The monoisotopic (exact) mass is 211 g/mol. The third-order valence-electron chi connectivity index (χ3n) is 1.94. The van der Waals surface area contributed by atoms with Crippen molar-refractivity contribution in [2.24, 2.45) is 5.41 Å². The number of hydrogen-bond donors (Lipinski definition) is 1. The van der Waals surface area contributed by atoms with E-state index in [0.717, 1.165) is 0 Å². The molecule has 3 heteroatoms. The van der Waals surface area contributed by atoms with E-state index in [-0.39, 0.29) is 5.78 Å². The first-order valence-corrected chi connectivity index (χ1v) is 4.80. The first-order valence-electron chi connectivity index (χ1n) is 4.42. The fourth-order valence-electron chi connectivity index (χ4n) is 1.14. The Balaban J connectivity index is 3.15. The summed E-state index contributed by atoms with van der Waals surface area (Å²) in [6.07, 6.45) is 0. The SMILES string of the molecule is CC(C)(C)C(=O)c1ccc(Cl)cc1N. The van der Waals surface area contributed by atoms with Gasteiger partial charge in [-0.3, -0.25) is 4.79 Å². The summed E-state index contributed by atoms with van der Waals surface area (Å²) in [7, 11) is 0. The number of rotatable bonds is 1. The summed E-state index contributed by atoms with van der Waals surface area (Å²) >= 11 is 5.74. The Hall–Kier alpha value is -1.02. The number of ketones is 1. The molecule has 0 heterocycles. The molecule has 0 unspecified atom stereocenters. The fraction of sp³-hybridized carbons (Fsp3) is 0.364. The van der Waals surface area contributed by atoms with Gasteiger partial charge in [0.2, 0.25) is 0 Å².